The second-order valence-electron chi connectivity index (χ2n) is 6.16. The van der Waals surface area contributed by atoms with Crippen LogP contribution in [0.1, 0.15) is 5.56 Å². The molecule has 0 amide bonds. The monoisotopic (exact) mass is 384 g/mol. The molecule has 29 heavy (non-hydrogen) atoms. The Morgan fingerprint density at radius 3 is 2.38 bits per heavy atom. The van der Waals surface area contributed by atoms with E-state index < -0.39 is 4.92 Å². The number of hydrogen-bond acceptors (Lipinski definition) is 6. The van der Waals surface area contributed by atoms with Crippen molar-refractivity contribution < 1.29 is 4.92 Å². The first-order chi connectivity index (χ1) is 14.2. The molecule has 0 aliphatic carbocycles. The normalized spacial score (nSPS) is 10.9. The minimum Gasteiger partial charge on any atom is -0.278 e. The van der Waals surface area contributed by atoms with Gasteiger partial charge in [-0.15, -0.1) is 5.10 Å². The number of nitro groups is 1. The van der Waals surface area contributed by atoms with Gasteiger partial charge in [0.15, 0.2) is 0 Å². The second kappa shape index (κ2) is 8.13. The molecule has 4 aromatic rings. The zero-order chi connectivity index (χ0) is 20.1. The number of anilines is 1. The topological polar surface area (TPSA) is 98.2 Å². The van der Waals surface area contributed by atoms with Crippen molar-refractivity contribution in [1.29, 1.82) is 0 Å². The van der Waals surface area contributed by atoms with Crippen molar-refractivity contribution in [3.8, 4) is 16.9 Å². The maximum atomic E-state index is 10.7. The van der Waals surface area contributed by atoms with Crippen molar-refractivity contribution >= 4 is 17.6 Å². The van der Waals surface area contributed by atoms with Gasteiger partial charge in [-0.1, -0.05) is 47.7 Å². The fourth-order valence-electron chi connectivity index (χ4n) is 2.77. The van der Waals surface area contributed by atoms with Crippen LogP contribution in [0.5, 0.6) is 0 Å². The van der Waals surface area contributed by atoms with Gasteiger partial charge >= 0.3 is 0 Å². The van der Waals surface area contributed by atoms with E-state index in [4.69, 9.17) is 0 Å². The van der Waals surface area contributed by atoms with E-state index in [1.54, 1.807) is 29.2 Å². The van der Waals surface area contributed by atoms with Gasteiger partial charge in [0.1, 0.15) is 0 Å². The van der Waals surface area contributed by atoms with Crippen LogP contribution in [0.25, 0.3) is 16.9 Å². The molecule has 0 atom stereocenters. The molecule has 3 aromatic carbocycles. The highest BCUT2D eigenvalue weighted by molar-refractivity contribution is 5.80. The van der Waals surface area contributed by atoms with Crippen LogP contribution in [0.2, 0.25) is 0 Å². The average molecular weight is 384 g/mol. The summed E-state index contributed by atoms with van der Waals surface area (Å²) in [5.74, 6) is 0. The third-order valence-corrected chi connectivity index (χ3v) is 4.24. The number of hydrazone groups is 1. The number of benzene rings is 3. The molecule has 0 fully saturated rings. The fraction of sp³-hybridized carbons (Fsp3) is 0. The van der Waals surface area contributed by atoms with Crippen LogP contribution < -0.4 is 5.43 Å². The van der Waals surface area contributed by atoms with Gasteiger partial charge in [0.05, 0.1) is 34.4 Å². The zero-order valence-electron chi connectivity index (χ0n) is 15.2. The Kier molecular flexibility index (Phi) is 5.06. The molecule has 0 unspecified atom stereocenters. The van der Waals surface area contributed by atoms with E-state index in [1.807, 2.05) is 54.6 Å². The van der Waals surface area contributed by atoms with Gasteiger partial charge in [0.2, 0.25) is 0 Å². The molecular formula is C21H16N6O2. The van der Waals surface area contributed by atoms with E-state index in [-0.39, 0.29) is 5.69 Å². The summed E-state index contributed by atoms with van der Waals surface area (Å²) in [5, 5.41) is 23.1. The van der Waals surface area contributed by atoms with Gasteiger partial charge in [-0.2, -0.15) is 5.10 Å². The van der Waals surface area contributed by atoms with E-state index in [9.17, 15) is 10.1 Å². The van der Waals surface area contributed by atoms with E-state index in [0.29, 0.717) is 5.69 Å². The molecule has 0 radical (unpaired) electrons. The largest absolute Gasteiger partial charge is 0.278 e. The minimum atomic E-state index is -0.438. The summed E-state index contributed by atoms with van der Waals surface area (Å²) in [5.41, 5.74) is 7.29. The maximum absolute atomic E-state index is 10.7. The Labute approximate surface area is 166 Å². The van der Waals surface area contributed by atoms with Crippen LogP contribution in [-0.4, -0.2) is 26.1 Å². The van der Waals surface area contributed by atoms with Crippen molar-refractivity contribution in [2.75, 3.05) is 5.43 Å². The van der Waals surface area contributed by atoms with Gasteiger partial charge in [-0.25, -0.2) is 4.68 Å². The van der Waals surface area contributed by atoms with Crippen molar-refractivity contribution in [3.05, 3.63) is 101 Å². The summed E-state index contributed by atoms with van der Waals surface area (Å²) in [6.45, 7) is 0. The summed E-state index contributed by atoms with van der Waals surface area (Å²) in [6, 6.07) is 23.7. The maximum Gasteiger partial charge on any atom is 0.269 e. The summed E-state index contributed by atoms with van der Waals surface area (Å²) in [6.07, 6.45) is 3.41. The van der Waals surface area contributed by atoms with Crippen LogP contribution in [0.3, 0.4) is 0 Å². The highest BCUT2D eigenvalue weighted by Crippen LogP contribution is 2.21. The number of hydrogen-bond donors (Lipinski definition) is 1. The summed E-state index contributed by atoms with van der Waals surface area (Å²) in [7, 11) is 0. The molecule has 0 spiro atoms. The first kappa shape index (κ1) is 18.1. The van der Waals surface area contributed by atoms with Crippen LogP contribution in [0.15, 0.2) is 90.2 Å². The van der Waals surface area contributed by atoms with Gasteiger partial charge in [-0.3, -0.25) is 15.5 Å². The molecule has 1 heterocycles. The van der Waals surface area contributed by atoms with Crippen molar-refractivity contribution in [3.63, 3.8) is 0 Å². The number of non-ortho nitro benzene ring substituents is 1. The molecule has 142 valence electrons. The van der Waals surface area contributed by atoms with Crippen molar-refractivity contribution in [2.45, 2.75) is 0 Å². The summed E-state index contributed by atoms with van der Waals surface area (Å²) in [4.78, 5) is 10.2. The van der Waals surface area contributed by atoms with Gasteiger partial charge in [0.25, 0.3) is 5.69 Å². The minimum absolute atomic E-state index is 0.0399. The lowest BCUT2D eigenvalue weighted by atomic mass is 10.1. The Morgan fingerprint density at radius 2 is 1.69 bits per heavy atom. The zero-order valence-corrected chi connectivity index (χ0v) is 15.2. The predicted molar refractivity (Wildman–Crippen MR) is 111 cm³/mol. The number of nitro benzene ring substituents is 1. The summed E-state index contributed by atoms with van der Waals surface area (Å²) >= 11 is 0. The quantitative estimate of drug-likeness (QED) is 0.304. The Hall–Kier alpha value is -4.33. The van der Waals surface area contributed by atoms with E-state index >= 15 is 0 Å². The number of aromatic nitrogens is 3. The first-order valence-electron chi connectivity index (χ1n) is 8.81. The lowest BCUT2D eigenvalue weighted by Crippen LogP contribution is -1.99. The molecule has 8 nitrogen and oxygen atoms in total. The number of rotatable bonds is 6. The Balaban J connectivity index is 1.46. The molecule has 1 N–H and O–H groups in total. The SMILES string of the molecule is O=[N+]([O-])c1ccc(N/N=C/c2ccc(-n3nncc3-c3ccccc3)cc2)cc1. The van der Waals surface area contributed by atoms with Crippen LogP contribution in [0, 0.1) is 10.1 Å². The third-order valence-electron chi connectivity index (χ3n) is 4.24. The molecule has 0 aliphatic heterocycles. The van der Waals surface area contributed by atoms with E-state index in [0.717, 1.165) is 22.5 Å². The Morgan fingerprint density at radius 1 is 0.966 bits per heavy atom. The van der Waals surface area contributed by atoms with Crippen LogP contribution in [0.4, 0.5) is 11.4 Å². The molecule has 8 heteroatoms. The molecule has 0 bridgehead atoms. The molecule has 4 rings (SSSR count). The summed E-state index contributed by atoms with van der Waals surface area (Å²) < 4.78 is 1.78. The van der Waals surface area contributed by atoms with Crippen molar-refractivity contribution in [2.24, 2.45) is 5.10 Å². The standard InChI is InChI=1S/C21H16N6O2/c28-27(29)20-12-8-18(9-13-20)24-22-14-16-6-10-19(11-7-16)26-21(15-23-25-26)17-4-2-1-3-5-17/h1-15,24H/b22-14+. The van der Waals surface area contributed by atoms with Crippen LogP contribution in [-0.2, 0) is 0 Å². The lowest BCUT2D eigenvalue weighted by Gasteiger charge is -2.06. The van der Waals surface area contributed by atoms with Crippen LogP contribution >= 0.6 is 0 Å². The second-order valence-corrected chi connectivity index (χ2v) is 6.16. The van der Waals surface area contributed by atoms with E-state index in [2.05, 4.69) is 20.8 Å². The molecule has 0 saturated heterocycles. The fourth-order valence-corrected chi connectivity index (χ4v) is 2.77. The number of nitrogens with one attached hydrogen (secondary N) is 1. The number of nitrogens with zero attached hydrogens (tertiary/aromatic N) is 5. The predicted octanol–water partition coefficient (Wildman–Crippen LogP) is 4.29. The van der Waals surface area contributed by atoms with Crippen molar-refractivity contribution in [1.82, 2.24) is 15.0 Å². The average Bonchev–Trinajstić information content (AvgIpc) is 3.25. The smallest absolute Gasteiger partial charge is 0.269 e. The molecule has 1 aromatic heterocycles. The first-order valence-corrected chi connectivity index (χ1v) is 8.81. The lowest BCUT2D eigenvalue weighted by molar-refractivity contribution is -0.384. The molecule has 0 saturated carbocycles. The highest BCUT2D eigenvalue weighted by Gasteiger charge is 2.08. The van der Waals surface area contributed by atoms with Gasteiger partial charge < -0.3 is 0 Å². The van der Waals surface area contributed by atoms with Gasteiger partial charge in [0, 0.05) is 17.7 Å². The highest BCUT2D eigenvalue weighted by atomic mass is 16.6. The third kappa shape index (κ3) is 4.16. The Bertz CT molecular complexity index is 1140. The van der Waals surface area contributed by atoms with Gasteiger partial charge in [-0.05, 0) is 29.8 Å². The molecule has 0 aliphatic rings. The molecular weight excluding hydrogens is 368 g/mol. The van der Waals surface area contributed by atoms with E-state index in [1.165, 1.54) is 12.1 Å².